The first-order chi connectivity index (χ1) is 10.4. The summed E-state index contributed by atoms with van der Waals surface area (Å²) >= 11 is 0. The first kappa shape index (κ1) is 16.3. The number of sulfonamides is 1. The van der Waals surface area contributed by atoms with Gasteiger partial charge in [0.05, 0.1) is 11.2 Å². The van der Waals surface area contributed by atoms with Gasteiger partial charge < -0.3 is 9.73 Å². The van der Waals surface area contributed by atoms with E-state index in [9.17, 15) is 13.2 Å². The third-order valence-electron chi connectivity index (χ3n) is 3.14. The molecule has 1 aromatic heterocycles. The Bertz CT molecular complexity index is 721. The third kappa shape index (κ3) is 3.96. The first-order valence-corrected chi connectivity index (χ1v) is 8.38. The summed E-state index contributed by atoms with van der Waals surface area (Å²) < 4.78 is 31.8. The minimum atomic E-state index is -3.54. The molecular formula is C15H18N2O4S. The molecule has 0 aliphatic carbocycles. The van der Waals surface area contributed by atoms with Gasteiger partial charge in [-0.25, -0.2) is 13.1 Å². The Labute approximate surface area is 129 Å². The van der Waals surface area contributed by atoms with Crippen molar-refractivity contribution in [1.29, 1.82) is 0 Å². The second-order valence-corrected chi connectivity index (χ2v) is 6.60. The Morgan fingerprint density at radius 3 is 2.45 bits per heavy atom. The number of furan rings is 1. The van der Waals surface area contributed by atoms with Gasteiger partial charge in [-0.3, -0.25) is 4.79 Å². The number of nitrogens with one attached hydrogen (secondary N) is 2. The SMILES string of the molecule is CC[C@@H](C)NS(=O)(=O)c1ccc(NC(=O)c2ccco2)cc1. The second-order valence-electron chi connectivity index (χ2n) is 4.89. The topological polar surface area (TPSA) is 88.4 Å². The van der Waals surface area contributed by atoms with Crippen LogP contribution in [0, 0.1) is 0 Å². The maximum atomic E-state index is 12.1. The maximum Gasteiger partial charge on any atom is 0.291 e. The highest BCUT2D eigenvalue weighted by atomic mass is 32.2. The lowest BCUT2D eigenvalue weighted by molar-refractivity contribution is 0.0996. The molecule has 2 aromatic rings. The normalized spacial score (nSPS) is 12.8. The number of anilines is 1. The predicted molar refractivity (Wildman–Crippen MR) is 83.2 cm³/mol. The molecule has 2 rings (SSSR count). The van der Waals surface area contributed by atoms with Crippen molar-refractivity contribution < 1.29 is 17.6 Å². The molecule has 2 N–H and O–H groups in total. The van der Waals surface area contributed by atoms with Gasteiger partial charge in [0.1, 0.15) is 0 Å². The monoisotopic (exact) mass is 322 g/mol. The lowest BCUT2D eigenvalue weighted by Gasteiger charge is -2.12. The fraction of sp³-hybridized carbons (Fsp3) is 0.267. The predicted octanol–water partition coefficient (Wildman–Crippen LogP) is 2.61. The summed E-state index contributed by atoms with van der Waals surface area (Å²) in [6.45, 7) is 3.70. The van der Waals surface area contributed by atoms with Gasteiger partial charge in [0.2, 0.25) is 10.0 Å². The summed E-state index contributed by atoms with van der Waals surface area (Å²) in [5.41, 5.74) is 0.490. The van der Waals surface area contributed by atoms with E-state index >= 15 is 0 Å². The summed E-state index contributed by atoms with van der Waals surface area (Å²) in [5, 5.41) is 2.63. The van der Waals surface area contributed by atoms with E-state index in [1.54, 1.807) is 19.1 Å². The molecule has 0 aliphatic heterocycles. The molecule has 0 fully saturated rings. The standard InChI is InChI=1S/C15H18N2O4S/c1-3-11(2)17-22(19,20)13-8-6-12(7-9-13)16-15(18)14-5-4-10-21-14/h4-11,17H,3H2,1-2H3,(H,16,18)/t11-/m1/s1. The van der Waals surface area contributed by atoms with Crippen molar-refractivity contribution in [2.45, 2.75) is 31.2 Å². The molecule has 7 heteroatoms. The minimum Gasteiger partial charge on any atom is -0.459 e. The number of amides is 1. The number of benzene rings is 1. The van der Waals surface area contributed by atoms with Crippen molar-refractivity contribution in [3.05, 3.63) is 48.4 Å². The van der Waals surface area contributed by atoms with E-state index in [4.69, 9.17) is 4.42 Å². The van der Waals surface area contributed by atoms with Crippen LogP contribution >= 0.6 is 0 Å². The molecule has 0 radical (unpaired) electrons. The van der Waals surface area contributed by atoms with E-state index in [-0.39, 0.29) is 16.7 Å². The summed E-state index contributed by atoms with van der Waals surface area (Å²) in [4.78, 5) is 12.0. The van der Waals surface area contributed by atoms with E-state index in [2.05, 4.69) is 10.0 Å². The zero-order valence-electron chi connectivity index (χ0n) is 12.4. The molecule has 22 heavy (non-hydrogen) atoms. The second kappa shape index (κ2) is 6.76. The van der Waals surface area contributed by atoms with Gasteiger partial charge in [-0.05, 0) is 49.7 Å². The largest absolute Gasteiger partial charge is 0.459 e. The molecule has 0 saturated carbocycles. The number of rotatable bonds is 6. The van der Waals surface area contributed by atoms with E-state index in [0.29, 0.717) is 12.1 Å². The van der Waals surface area contributed by atoms with E-state index in [1.165, 1.54) is 30.5 Å². The smallest absolute Gasteiger partial charge is 0.291 e. The van der Waals surface area contributed by atoms with Gasteiger partial charge in [0.15, 0.2) is 5.76 Å². The van der Waals surface area contributed by atoms with E-state index in [0.717, 1.165) is 0 Å². The summed E-state index contributed by atoms with van der Waals surface area (Å²) in [6.07, 6.45) is 2.11. The van der Waals surface area contributed by atoms with Gasteiger partial charge in [0.25, 0.3) is 5.91 Å². The molecule has 0 aliphatic rings. The summed E-state index contributed by atoms with van der Waals surface area (Å²) in [5.74, 6) is -0.200. The quantitative estimate of drug-likeness (QED) is 0.855. The van der Waals surface area contributed by atoms with Crippen LogP contribution < -0.4 is 10.0 Å². The molecule has 118 valence electrons. The van der Waals surface area contributed by atoms with Gasteiger partial charge in [0, 0.05) is 11.7 Å². The molecule has 0 spiro atoms. The van der Waals surface area contributed by atoms with Gasteiger partial charge in [-0.2, -0.15) is 0 Å². The summed E-state index contributed by atoms with van der Waals surface area (Å²) in [6, 6.07) is 8.99. The highest BCUT2D eigenvalue weighted by Gasteiger charge is 2.16. The van der Waals surface area contributed by atoms with Crippen LogP contribution in [0.2, 0.25) is 0 Å². The Hall–Kier alpha value is -2.12. The van der Waals surface area contributed by atoms with Gasteiger partial charge in [-0.15, -0.1) is 0 Å². The zero-order chi connectivity index (χ0) is 16.2. The summed E-state index contributed by atoms with van der Waals surface area (Å²) in [7, 11) is -3.54. The Morgan fingerprint density at radius 1 is 1.23 bits per heavy atom. The minimum absolute atomic E-state index is 0.136. The van der Waals surface area contributed by atoms with Crippen molar-refractivity contribution in [2.24, 2.45) is 0 Å². The van der Waals surface area contributed by atoms with Crippen LogP contribution in [0.1, 0.15) is 30.8 Å². The highest BCUT2D eigenvalue weighted by molar-refractivity contribution is 7.89. The molecule has 1 heterocycles. The lowest BCUT2D eigenvalue weighted by Crippen LogP contribution is -2.31. The molecule has 1 aromatic carbocycles. The Balaban J connectivity index is 2.09. The van der Waals surface area contributed by atoms with Crippen LogP contribution in [0.4, 0.5) is 5.69 Å². The van der Waals surface area contributed by atoms with Crippen LogP contribution in [0.5, 0.6) is 0 Å². The van der Waals surface area contributed by atoms with Crippen LogP contribution in [0.25, 0.3) is 0 Å². The number of hydrogen-bond acceptors (Lipinski definition) is 4. The average molecular weight is 322 g/mol. The van der Waals surface area contributed by atoms with E-state index in [1.807, 2.05) is 6.92 Å². The fourth-order valence-electron chi connectivity index (χ4n) is 1.73. The fourth-order valence-corrected chi connectivity index (χ4v) is 3.06. The van der Waals surface area contributed by atoms with Crippen LogP contribution in [-0.4, -0.2) is 20.4 Å². The lowest BCUT2D eigenvalue weighted by atomic mass is 10.3. The first-order valence-electron chi connectivity index (χ1n) is 6.89. The molecule has 0 bridgehead atoms. The molecule has 6 nitrogen and oxygen atoms in total. The molecule has 1 atom stereocenters. The molecule has 0 saturated heterocycles. The van der Waals surface area contributed by atoms with Gasteiger partial charge in [-0.1, -0.05) is 6.92 Å². The maximum absolute atomic E-state index is 12.1. The number of carbonyl (C=O) groups is 1. The van der Waals surface area contributed by atoms with Crippen LogP contribution in [0.3, 0.4) is 0 Å². The van der Waals surface area contributed by atoms with Crippen molar-refractivity contribution in [2.75, 3.05) is 5.32 Å². The molecular weight excluding hydrogens is 304 g/mol. The van der Waals surface area contributed by atoms with E-state index < -0.39 is 15.9 Å². The van der Waals surface area contributed by atoms with Gasteiger partial charge >= 0.3 is 0 Å². The zero-order valence-corrected chi connectivity index (χ0v) is 13.2. The molecule has 0 unspecified atom stereocenters. The van der Waals surface area contributed by atoms with Crippen molar-refractivity contribution in [3.8, 4) is 0 Å². The number of hydrogen-bond donors (Lipinski definition) is 2. The van der Waals surface area contributed by atoms with Crippen LogP contribution in [0.15, 0.2) is 52.0 Å². The number of carbonyl (C=O) groups excluding carboxylic acids is 1. The Kier molecular flexibility index (Phi) is 4.99. The van der Waals surface area contributed by atoms with Crippen molar-refractivity contribution in [1.82, 2.24) is 4.72 Å². The average Bonchev–Trinajstić information content (AvgIpc) is 3.01. The highest BCUT2D eigenvalue weighted by Crippen LogP contribution is 2.15. The van der Waals surface area contributed by atoms with Crippen molar-refractivity contribution in [3.63, 3.8) is 0 Å². The Morgan fingerprint density at radius 2 is 1.91 bits per heavy atom. The third-order valence-corrected chi connectivity index (χ3v) is 4.74. The molecule has 1 amide bonds. The van der Waals surface area contributed by atoms with Crippen LogP contribution in [-0.2, 0) is 10.0 Å². The van der Waals surface area contributed by atoms with Crippen molar-refractivity contribution >= 4 is 21.6 Å².